The average Bonchev–Trinajstić information content (AvgIpc) is 2.49. The number of ether oxygens (including phenoxy) is 2. The van der Waals surface area contributed by atoms with Gasteiger partial charge in [0.2, 0.25) is 0 Å². The van der Waals surface area contributed by atoms with Crippen LogP contribution in [0.3, 0.4) is 0 Å². The lowest BCUT2D eigenvalue weighted by Gasteiger charge is -2.08. The molecule has 1 aromatic heterocycles. The molecule has 1 heterocycles. The number of amides is 1. The molecular formula is C14H20N2O4. The third kappa shape index (κ3) is 5.26. The largest absolute Gasteiger partial charge is 0.494 e. The number of methoxy groups -OCH3 is 2. The first kappa shape index (κ1) is 15.9. The Hall–Kier alpha value is -2.11. The van der Waals surface area contributed by atoms with Gasteiger partial charge in [-0.25, -0.2) is 0 Å². The van der Waals surface area contributed by atoms with E-state index >= 15 is 0 Å². The molecule has 1 rings (SSSR count). The maximum absolute atomic E-state index is 11.9. The van der Waals surface area contributed by atoms with Crippen LogP contribution in [0.15, 0.2) is 18.5 Å². The van der Waals surface area contributed by atoms with Crippen LogP contribution in [0.4, 0.5) is 0 Å². The minimum absolute atomic E-state index is 0.183. The van der Waals surface area contributed by atoms with E-state index in [1.54, 1.807) is 12.3 Å². The highest BCUT2D eigenvalue weighted by Gasteiger charge is 2.10. The average molecular weight is 280 g/mol. The molecular weight excluding hydrogens is 260 g/mol. The van der Waals surface area contributed by atoms with Gasteiger partial charge >= 0.3 is 5.97 Å². The highest BCUT2D eigenvalue weighted by molar-refractivity contribution is 5.96. The minimum Gasteiger partial charge on any atom is -0.494 e. The standard InChI is InChI=1S/C14H20N2O4/c1-19-12-10-15-9-7-11(12)14(18)16-8-5-3-4-6-13(17)20-2/h7,9-10H,3-6,8H2,1-2H3,(H,16,18). The van der Waals surface area contributed by atoms with Crippen LogP contribution in [0, 0.1) is 0 Å². The van der Waals surface area contributed by atoms with Crippen molar-refractivity contribution in [3.05, 3.63) is 24.0 Å². The zero-order valence-electron chi connectivity index (χ0n) is 11.8. The molecule has 0 aliphatic carbocycles. The maximum atomic E-state index is 11.9. The van der Waals surface area contributed by atoms with Gasteiger partial charge in [0.25, 0.3) is 5.91 Å². The molecule has 110 valence electrons. The summed E-state index contributed by atoms with van der Waals surface area (Å²) in [6.45, 7) is 0.561. The second-order valence-electron chi connectivity index (χ2n) is 4.22. The van der Waals surface area contributed by atoms with E-state index in [0.717, 1.165) is 19.3 Å². The van der Waals surface area contributed by atoms with Gasteiger partial charge in [0.05, 0.1) is 26.0 Å². The normalized spacial score (nSPS) is 9.90. The number of aromatic nitrogens is 1. The third-order valence-electron chi connectivity index (χ3n) is 2.82. The first-order chi connectivity index (χ1) is 9.69. The Bertz CT molecular complexity index is 449. The number of hydrogen-bond acceptors (Lipinski definition) is 5. The predicted molar refractivity (Wildman–Crippen MR) is 73.6 cm³/mol. The predicted octanol–water partition coefficient (Wildman–Crippen LogP) is 1.55. The van der Waals surface area contributed by atoms with Crippen LogP contribution in [0.5, 0.6) is 5.75 Å². The maximum Gasteiger partial charge on any atom is 0.305 e. The van der Waals surface area contributed by atoms with Crippen molar-refractivity contribution in [1.29, 1.82) is 0 Å². The molecule has 0 bridgehead atoms. The summed E-state index contributed by atoms with van der Waals surface area (Å²) in [5.74, 6) is 0.0727. The molecule has 0 spiro atoms. The van der Waals surface area contributed by atoms with Crippen molar-refractivity contribution in [2.75, 3.05) is 20.8 Å². The molecule has 6 heteroatoms. The SMILES string of the molecule is COC(=O)CCCCCNC(=O)c1ccncc1OC. The summed E-state index contributed by atoms with van der Waals surface area (Å²) >= 11 is 0. The van der Waals surface area contributed by atoms with E-state index in [9.17, 15) is 9.59 Å². The topological polar surface area (TPSA) is 77.5 Å². The summed E-state index contributed by atoms with van der Waals surface area (Å²) in [7, 11) is 2.88. The van der Waals surface area contributed by atoms with E-state index in [-0.39, 0.29) is 11.9 Å². The highest BCUT2D eigenvalue weighted by Crippen LogP contribution is 2.15. The zero-order valence-corrected chi connectivity index (χ0v) is 11.8. The lowest BCUT2D eigenvalue weighted by atomic mass is 10.2. The molecule has 0 aliphatic heterocycles. The molecule has 6 nitrogen and oxygen atoms in total. The first-order valence-corrected chi connectivity index (χ1v) is 6.52. The van der Waals surface area contributed by atoms with Crippen LogP contribution in [0.25, 0.3) is 0 Å². The monoisotopic (exact) mass is 280 g/mol. The Labute approximate surface area is 118 Å². The number of rotatable bonds is 8. The molecule has 20 heavy (non-hydrogen) atoms. The van der Waals surface area contributed by atoms with Crippen molar-refractivity contribution in [2.45, 2.75) is 25.7 Å². The summed E-state index contributed by atoms with van der Waals surface area (Å²) in [4.78, 5) is 26.7. The molecule has 0 atom stereocenters. The molecule has 1 N–H and O–H groups in total. The first-order valence-electron chi connectivity index (χ1n) is 6.52. The van der Waals surface area contributed by atoms with Gasteiger partial charge < -0.3 is 14.8 Å². The van der Waals surface area contributed by atoms with Crippen LogP contribution in [0.2, 0.25) is 0 Å². The number of nitrogens with zero attached hydrogens (tertiary/aromatic N) is 1. The van der Waals surface area contributed by atoms with Crippen LogP contribution >= 0.6 is 0 Å². The number of carbonyl (C=O) groups is 2. The Balaban J connectivity index is 2.25. The lowest BCUT2D eigenvalue weighted by Crippen LogP contribution is -2.25. The molecule has 0 aromatic carbocycles. The fraction of sp³-hybridized carbons (Fsp3) is 0.500. The Morgan fingerprint density at radius 3 is 2.75 bits per heavy atom. The quantitative estimate of drug-likeness (QED) is 0.577. The smallest absolute Gasteiger partial charge is 0.305 e. The molecule has 0 fully saturated rings. The molecule has 1 aromatic rings. The van der Waals surface area contributed by atoms with Gasteiger partial charge in [-0.05, 0) is 18.9 Å². The number of hydrogen-bond donors (Lipinski definition) is 1. The zero-order chi connectivity index (χ0) is 14.8. The van der Waals surface area contributed by atoms with E-state index in [1.165, 1.54) is 20.4 Å². The molecule has 0 saturated carbocycles. The molecule has 0 unspecified atom stereocenters. The van der Waals surface area contributed by atoms with Gasteiger partial charge in [-0.2, -0.15) is 0 Å². The summed E-state index contributed by atoms with van der Waals surface area (Å²) in [6, 6.07) is 1.62. The second kappa shape index (κ2) is 8.90. The molecule has 1 amide bonds. The minimum atomic E-state index is -0.199. The van der Waals surface area contributed by atoms with Crippen LogP contribution in [-0.2, 0) is 9.53 Å². The van der Waals surface area contributed by atoms with Crippen molar-refractivity contribution < 1.29 is 19.1 Å². The summed E-state index contributed by atoms with van der Waals surface area (Å²) in [6.07, 6.45) is 5.92. The van der Waals surface area contributed by atoms with Gasteiger partial charge in [0.1, 0.15) is 5.75 Å². The third-order valence-corrected chi connectivity index (χ3v) is 2.82. The van der Waals surface area contributed by atoms with E-state index < -0.39 is 0 Å². The van der Waals surface area contributed by atoms with Gasteiger partial charge in [-0.1, -0.05) is 6.42 Å². The number of pyridine rings is 1. The number of carbonyl (C=O) groups excluding carboxylic acids is 2. The lowest BCUT2D eigenvalue weighted by molar-refractivity contribution is -0.140. The Morgan fingerprint density at radius 2 is 2.05 bits per heavy atom. The van der Waals surface area contributed by atoms with E-state index in [4.69, 9.17) is 4.74 Å². The fourth-order valence-corrected chi connectivity index (χ4v) is 1.70. The van der Waals surface area contributed by atoms with E-state index in [2.05, 4.69) is 15.0 Å². The molecule has 0 saturated heterocycles. The fourth-order valence-electron chi connectivity index (χ4n) is 1.70. The highest BCUT2D eigenvalue weighted by atomic mass is 16.5. The second-order valence-corrected chi connectivity index (χ2v) is 4.22. The van der Waals surface area contributed by atoms with E-state index in [0.29, 0.717) is 24.3 Å². The summed E-state index contributed by atoms with van der Waals surface area (Å²) in [5, 5.41) is 2.81. The van der Waals surface area contributed by atoms with Gasteiger partial charge in [0.15, 0.2) is 0 Å². The van der Waals surface area contributed by atoms with Crippen molar-refractivity contribution in [2.24, 2.45) is 0 Å². The van der Waals surface area contributed by atoms with Crippen molar-refractivity contribution in [3.8, 4) is 5.75 Å². The number of nitrogens with one attached hydrogen (secondary N) is 1. The Morgan fingerprint density at radius 1 is 1.25 bits per heavy atom. The van der Waals surface area contributed by atoms with Gasteiger partial charge in [-0.3, -0.25) is 14.6 Å². The van der Waals surface area contributed by atoms with Gasteiger partial charge in [-0.15, -0.1) is 0 Å². The van der Waals surface area contributed by atoms with Crippen molar-refractivity contribution >= 4 is 11.9 Å². The van der Waals surface area contributed by atoms with Crippen LogP contribution < -0.4 is 10.1 Å². The Kier molecular flexibility index (Phi) is 7.10. The van der Waals surface area contributed by atoms with Crippen LogP contribution in [-0.4, -0.2) is 37.6 Å². The van der Waals surface area contributed by atoms with Crippen molar-refractivity contribution in [3.63, 3.8) is 0 Å². The summed E-state index contributed by atoms with van der Waals surface area (Å²) < 4.78 is 9.63. The number of esters is 1. The van der Waals surface area contributed by atoms with E-state index in [1.807, 2.05) is 0 Å². The number of unbranched alkanes of at least 4 members (excludes halogenated alkanes) is 2. The van der Waals surface area contributed by atoms with Gasteiger partial charge in [0, 0.05) is 19.2 Å². The summed E-state index contributed by atoms with van der Waals surface area (Å²) in [5.41, 5.74) is 0.470. The molecule has 0 radical (unpaired) electrons. The van der Waals surface area contributed by atoms with Crippen LogP contribution in [0.1, 0.15) is 36.0 Å². The molecule has 0 aliphatic rings. The van der Waals surface area contributed by atoms with Crippen molar-refractivity contribution in [1.82, 2.24) is 10.3 Å².